The Bertz CT molecular complexity index is 353. The molecule has 2 amide bonds. The Morgan fingerprint density at radius 2 is 2.00 bits per heavy atom. The van der Waals surface area contributed by atoms with Gasteiger partial charge in [0.1, 0.15) is 0 Å². The Labute approximate surface area is 121 Å². The van der Waals surface area contributed by atoms with Gasteiger partial charge >= 0.3 is 12.2 Å². The van der Waals surface area contributed by atoms with Crippen molar-refractivity contribution in [2.75, 3.05) is 32.8 Å². The van der Waals surface area contributed by atoms with Crippen LogP contribution in [0.25, 0.3) is 0 Å². The van der Waals surface area contributed by atoms with Crippen LogP contribution in [-0.2, 0) is 4.74 Å². The number of alkyl halides is 3. The second-order valence-electron chi connectivity index (χ2n) is 4.94. The molecule has 122 valence electrons. The lowest BCUT2D eigenvalue weighted by Crippen LogP contribution is -2.56. The van der Waals surface area contributed by atoms with E-state index in [9.17, 15) is 23.1 Å². The summed E-state index contributed by atoms with van der Waals surface area (Å²) in [4.78, 5) is 13.0. The van der Waals surface area contributed by atoms with Crippen LogP contribution in [-0.4, -0.2) is 60.7 Å². The molecule has 1 aliphatic heterocycles. The lowest BCUT2D eigenvalue weighted by molar-refractivity contribution is -0.271. The average Bonchev–Trinajstić information content (AvgIpc) is 2.42. The molecule has 0 aromatic rings. The smallest absolute Gasteiger partial charge is 0.380 e. The predicted molar refractivity (Wildman–Crippen MR) is 70.8 cm³/mol. The van der Waals surface area contributed by atoms with E-state index in [0.29, 0.717) is 13.2 Å². The Morgan fingerprint density at radius 3 is 2.52 bits per heavy atom. The van der Waals surface area contributed by atoms with Crippen LogP contribution in [0.15, 0.2) is 12.7 Å². The fourth-order valence-electron chi connectivity index (χ4n) is 1.97. The van der Waals surface area contributed by atoms with Gasteiger partial charge in [-0.05, 0) is 6.42 Å². The van der Waals surface area contributed by atoms with Crippen molar-refractivity contribution in [2.24, 2.45) is 0 Å². The molecule has 0 unspecified atom stereocenters. The molecule has 0 bridgehead atoms. The summed E-state index contributed by atoms with van der Waals surface area (Å²) in [7, 11) is 0. The normalized spacial score (nSPS) is 18.4. The van der Waals surface area contributed by atoms with E-state index in [1.807, 2.05) is 0 Å². The molecule has 8 heteroatoms. The number of rotatable bonds is 6. The van der Waals surface area contributed by atoms with Crippen molar-refractivity contribution in [2.45, 2.75) is 31.0 Å². The molecule has 1 aliphatic rings. The number of carbonyl (C=O) groups is 1. The van der Waals surface area contributed by atoms with Gasteiger partial charge in [-0.2, -0.15) is 13.2 Å². The molecule has 0 aliphatic carbocycles. The third kappa shape index (κ3) is 5.20. The van der Waals surface area contributed by atoms with Crippen LogP contribution in [0.2, 0.25) is 0 Å². The van der Waals surface area contributed by atoms with Crippen molar-refractivity contribution in [3.63, 3.8) is 0 Å². The van der Waals surface area contributed by atoms with Crippen molar-refractivity contribution in [3.05, 3.63) is 12.7 Å². The summed E-state index contributed by atoms with van der Waals surface area (Å²) in [6.07, 6.45) is -3.22. The number of halogens is 3. The van der Waals surface area contributed by atoms with Crippen molar-refractivity contribution >= 4 is 6.03 Å². The molecule has 0 saturated carbocycles. The molecule has 0 atom stereocenters. The van der Waals surface area contributed by atoms with E-state index >= 15 is 0 Å². The molecule has 0 aromatic heterocycles. The molecule has 1 rings (SSSR count). The van der Waals surface area contributed by atoms with Crippen molar-refractivity contribution in [1.82, 2.24) is 10.2 Å². The van der Waals surface area contributed by atoms with E-state index in [2.05, 4.69) is 11.9 Å². The van der Waals surface area contributed by atoms with Crippen LogP contribution in [0.3, 0.4) is 0 Å². The highest BCUT2D eigenvalue weighted by Gasteiger charge is 2.54. The number of aliphatic hydroxyl groups is 1. The van der Waals surface area contributed by atoms with Crippen LogP contribution < -0.4 is 5.32 Å². The third-order valence-electron chi connectivity index (χ3n) is 3.39. The molecule has 0 spiro atoms. The highest BCUT2D eigenvalue weighted by atomic mass is 19.4. The van der Waals surface area contributed by atoms with E-state index < -0.39 is 30.7 Å². The zero-order chi connectivity index (χ0) is 15.9. The van der Waals surface area contributed by atoms with Gasteiger partial charge in [-0.3, -0.25) is 0 Å². The van der Waals surface area contributed by atoms with E-state index in [0.717, 1.165) is 6.42 Å². The molecule has 1 saturated heterocycles. The lowest BCUT2D eigenvalue weighted by atomic mass is 9.91. The van der Waals surface area contributed by atoms with Crippen molar-refractivity contribution < 1.29 is 27.8 Å². The number of carbonyl (C=O) groups excluding carboxylic acids is 1. The van der Waals surface area contributed by atoms with Gasteiger partial charge in [-0.1, -0.05) is 6.08 Å². The Kier molecular flexibility index (Phi) is 6.47. The van der Waals surface area contributed by atoms with Crippen LogP contribution >= 0.6 is 0 Å². The summed E-state index contributed by atoms with van der Waals surface area (Å²) in [5.74, 6) is 0. The van der Waals surface area contributed by atoms with Crippen molar-refractivity contribution in [1.29, 1.82) is 0 Å². The number of nitrogens with zero attached hydrogens (tertiary/aromatic N) is 1. The minimum atomic E-state index is -4.66. The third-order valence-corrected chi connectivity index (χ3v) is 3.39. The Balaban J connectivity index is 2.25. The van der Waals surface area contributed by atoms with E-state index in [-0.39, 0.29) is 19.6 Å². The number of urea groups is 1. The SMILES string of the molecule is C=CCCOCCNC(=O)N1CCC(O)(C(F)(F)F)CC1. The number of ether oxygens (including phenoxy) is 1. The van der Waals surface area contributed by atoms with Gasteiger partial charge in [0.2, 0.25) is 0 Å². The monoisotopic (exact) mass is 310 g/mol. The molecule has 0 aromatic carbocycles. The molecular formula is C13H21F3N2O3. The second-order valence-corrected chi connectivity index (χ2v) is 4.94. The highest BCUT2D eigenvalue weighted by molar-refractivity contribution is 5.74. The maximum atomic E-state index is 12.6. The summed E-state index contributed by atoms with van der Waals surface area (Å²) in [6.45, 7) is 4.42. The van der Waals surface area contributed by atoms with Gasteiger partial charge in [0.15, 0.2) is 5.60 Å². The van der Waals surface area contributed by atoms with Gasteiger partial charge in [-0.15, -0.1) is 6.58 Å². The van der Waals surface area contributed by atoms with E-state index in [1.54, 1.807) is 6.08 Å². The number of hydrogen-bond acceptors (Lipinski definition) is 3. The topological polar surface area (TPSA) is 61.8 Å². The molecule has 2 N–H and O–H groups in total. The molecule has 0 radical (unpaired) electrons. The number of amides is 2. The predicted octanol–water partition coefficient (Wildman–Crippen LogP) is 1.68. The van der Waals surface area contributed by atoms with E-state index in [4.69, 9.17) is 4.74 Å². The summed E-state index contributed by atoms with van der Waals surface area (Å²) in [6, 6.07) is -0.438. The fraction of sp³-hybridized carbons (Fsp3) is 0.769. The number of hydrogen-bond donors (Lipinski definition) is 2. The molecule has 5 nitrogen and oxygen atoms in total. The summed E-state index contributed by atoms with van der Waals surface area (Å²) in [5.41, 5.74) is -2.68. The summed E-state index contributed by atoms with van der Waals surface area (Å²) in [5, 5.41) is 12.1. The first-order valence-corrected chi connectivity index (χ1v) is 6.81. The van der Waals surface area contributed by atoms with Crippen LogP contribution in [0.5, 0.6) is 0 Å². The average molecular weight is 310 g/mol. The number of likely N-dealkylation sites (tertiary alicyclic amines) is 1. The molecule has 1 fully saturated rings. The Hall–Kier alpha value is -1.28. The second kappa shape index (κ2) is 7.65. The maximum absolute atomic E-state index is 12.6. The minimum Gasteiger partial charge on any atom is -0.380 e. The zero-order valence-corrected chi connectivity index (χ0v) is 11.8. The lowest BCUT2D eigenvalue weighted by Gasteiger charge is -2.38. The van der Waals surface area contributed by atoms with Gasteiger partial charge in [0.05, 0.1) is 13.2 Å². The van der Waals surface area contributed by atoms with Crippen LogP contribution in [0.1, 0.15) is 19.3 Å². The van der Waals surface area contributed by atoms with Gasteiger partial charge in [0, 0.05) is 32.5 Å². The van der Waals surface area contributed by atoms with Crippen molar-refractivity contribution in [3.8, 4) is 0 Å². The summed E-state index contributed by atoms with van der Waals surface area (Å²) < 4.78 is 43.0. The molecule has 21 heavy (non-hydrogen) atoms. The van der Waals surface area contributed by atoms with Gasteiger partial charge in [-0.25, -0.2) is 4.79 Å². The van der Waals surface area contributed by atoms with Crippen LogP contribution in [0.4, 0.5) is 18.0 Å². The fourth-order valence-corrected chi connectivity index (χ4v) is 1.97. The maximum Gasteiger partial charge on any atom is 0.417 e. The first-order chi connectivity index (χ1) is 9.80. The van der Waals surface area contributed by atoms with Gasteiger partial charge in [0.25, 0.3) is 0 Å². The van der Waals surface area contributed by atoms with Crippen LogP contribution in [0, 0.1) is 0 Å². The standard InChI is InChI=1S/C13H21F3N2O3/c1-2-3-9-21-10-6-17-11(19)18-7-4-12(20,5-8-18)13(14,15)16/h2,20H,1,3-10H2,(H,17,19). The Morgan fingerprint density at radius 1 is 1.38 bits per heavy atom. The molecule has 1 heterocycles. The zero-order valence-electron chi connectivity index (χ0n) is 11.8. The van der Waals surface area contributed by atoms with Gasteiger partial charge < -0.3 is 20.1 Å². The summed E-state index contributed by atoms with van der Waals surface area (Å²) >= 11 is 0. The minimum absolute atomic E-state index is 0.126. The largest absolute Gasteiger partial charge is 0.417 e. The number of nitrogens with one attached hydrogen (secondary N) is 1. The first kappa shape index (κ1) is 17.8. The first-order valence-electron chi connectivity index (χ1n) is 6.81. The van der Waals surface area contributed by atoms with E-state index in [1.165, 1.54) is 4.90 Å². The number of piperidine rings is 1. The quantitative estimate of drug-likeness (QED) is 0.579. The highest BCUT2D eigenvalue weighted by Crippen LogP contribution is 2.38. The molecular weight excluding hydrogens is 289 g/mol.